The lowest BCUT2D eigenvalue weighted by molar-refractivity contribution is -0.223. The van der Waals surface area contributed by atoms with Crippen LogP contribution in [0.15, 0.2) is 23.5 Å². The van der Waals surface area contributed by atoms with Crippen LogP contribution < -0.4 is 0 Å². The zero-order valence-electron chi connectivity index (χ0n) is 12.8. The number of methoxy groups -OCH3 is 2. The number of hydrogen-bond donors (Lipinski definition) is 0. The van der Waals surface area contributed by atoms with Crippen LogP contribution in [0.1, 0.15) is 26.7 Å². The Morgan fingerprint density at radius 3 is 2.71 bits per heavy atom. The van der Waals surface area contributed by atoms with Crippen molar-refractivity contribution in [1.29, 1.82) is 0 Å². The van der Waals surface area contributed by atoms with Crippen molar-refractivity contribution >= 4 is 11.8 Å². The Kier molecular flexibility index (Phi) is 3.03. The number of carbonyl (C=O) groups excluding carboxylic acids is 2. The summed E-state index contributed by atoms with van der Waals surface area (Å²) in [4.78, 5) is 25.2. The normalized spacial score (nSPS) is 39.9. The highest BCUT2D eigenvalue weighted by Crippen LogP contribution is 2.61. The molecule has 4 aliphatic rings. The topological polar surface area (TPSA) is 61.8 Å². The van der Waals surface area contributed by atoms with E-state index >= 15 is 0 Å². The number of carbonyl (C=O) groups is 2. The fourth-order valence-corrected chi connectivity index (χ4v) is 3.86. The van der Waals surface area contributed by atoms with Crippen LogP contribution in [0.4, 0.5) is 0 Å². The first-order valence-electron chi connectivity index (χ1n) is 7.14. The second kappa shape index (κ2) is 4.44. The van der Waals surface area contributed by atoms with Gasteiger partial charge in [-0.3, -0.25) is 9.59 Å². The van der Waals surface area contributed by atoms with E-state index in [9.17, 15) is 9.59 Å². The summed E-state index contributed by atoms with van der Waals surface area (Å²) in [6.07, 6.45) is 4.79. The van der Waals surface area contributed by atoms with E-state index < -0.39 is 11.2 Å². The van der Waals surface area contributed by atoms with Gasteiger partial charge >= 0.3 is 5.97 Å². The van der Waals surface area contributed by atoms with Crippen LogP contribution in [0.25, 0.3) is 0 Å². The third kappa shape index (κ3) is 1.61. The summed E-state index contributed by atoms with van der Waals surface area (Å²) in [6.45, 7) is 3.96. The van der Waals surface area contributed by atoms with E-state index in [1.165, 1.54) is 7.11 Å². The first-order valence-corrected chi connectivity index (χ1v) is 7.14. The SMILES string of the molecule is COC1=C[C@H]2[C@H]3C[C@]1(CC=C(C)C)C(=O)[C@]2(OC)OC3=O. The molecule has 4 atom stereocenters. The van der Waals surface area contributed by atoms with Crippen LogP contribution in [-0.2, 0) is 23.8 Å². The molecule has 0 aromatic rings. The van der Waals surface area contributed by atoms with Gasteiger partial charge in [-0.05, 0) is 32.8 Å². The molecule has 5 heteroatoms. The lowest BCUT2D eigenvalue weighted by Gasteiger charge is -2.49. The van der Waals surface area contributed by atoms with Crippen molar-refractivity contribution in [3.05, 3.63) is 23.5 Å². The molecule has 5 nitrogen and oxygen atoms in total. The minimum absolute atomic E-state index is 0.193. The molecule has 21 heavy (non-hydrogen) atoms. The van der Waals surface area contributed by atoms with Crippen molar-refractivity contribution in [3.8, 4) is 0 Å². The van der Waals surface area contributed by atoms with Crippen LogP contribution in [0, 0.1) is 17.3 Å². The molecule has 4 bridgehead atoms. The molecule has 0 N–H and O–H groups in total. The molecule has 0 amide bonds. The van der Waals surface area contributed by atoms with Crippen LogP contribution in [0.2, 0.25) is 0 Å². The quantitative estimate of drug-likeness (QED) is 0.585. The lowest BCUT2D eigenvalue weighted by atomic mass is 9.56. The molecule has 0 unspecified atom stereocenters. The maximum atomic E-state index is 13.1. The Bertz CT molecular complexity index is 571. The van der Waals surface area contributed by atoms with Gasteiger partial charge in [0, 0.05) is 7.11 Å². The van der Waals surface area contributed by atoms with E-state index in [2.05, 4.69) is 0 Å². The van der Waals surface area contributed by atoms with E-state index in [-0.39, 0.29) is 23.6 Å². The first kappa shape index (κ1) is 14.3. The molecule has 0 aromatic heterocycles. The van der Waals surface area contributed by atoms with Gasteiger partial charge in [0.2, 0.25) is 5.78 Å². The molecule has 4 rings (SSSR count). The number of rotatable bonds is 4. The third-order valence-electron chi connectivity index (χ3n) is 4.93. The Morgan fingerprint density at radius 2 is 2.14 bits per heavy atom. The van der Waals surface area contributed by atoms with Crippen LogP contribution >= 0.6 is 0 Å². The predicted molar refractivity (Wildman–Crippen MR) is 74.0 cm³/mol. The second-order valence-corrected chi connectivity index (χ2v) is 6.26. The monoisotopic (exact) mass is 292 g/mol. The molecule has 0 spiro atoms. The number of Topliss-reactive ketones (excluding diaryl/α,β-unsaturated/α-hetero) is 1. The standard InChI is InChI=1S/C16H20O5/c1-9(2)5-6-15-8-10-11(7-12(15)19-3)16(20-4,14(15)18)21-13(10)17/h5,7,10-11H,6,8H2,1-4H3/t10-,11+,15+,16-/m1/s1. The van der Waals surface area contributed by atoms with Gasteiger partial charge in [0.05, 0.1) is 24.4 Å². The van der Waals surface area contributed by atoms with Crippen molar-refractivity contribution in [2.75, 3.05) is 14.2 Å². The molecule has 2 fully saturated rings. The van der Waals surface area contributed by atoms with Gasteiger partial charge in [-0.1, -0.05) is 11.6 Å². The van der Waals surface area contributed by atoms with Crippen molar-refractivity contribution in [2.45, 2.75) is 32.5 Å². The first-order chi connectivity index (χ1) is 9.91. The summed E-state index contributed by atoms with van der Waals surface area (Å²) in [6, 6.07) is 0. The van der Waals surface area contributed by atoms with E-state index in [1.807, 2.05) is 26.0 Å². The van der Waals surface area contributed by atoms with Crippen LogP contribution in [0.3, 0.4) is 0 Å². The second-order valence-electron chi connectivity index (χ2n) is 6.26. The molecule has 0 aromatic carbocycles. The smallest absolute Gasteiger partial charge is 0.312 e. The zero-order valence-corrected chi connectivity index (χ0v) is 12.8. The van der Waals surface area contributed by atoms with Gasteiger partial charge in [0.15, 0.2) is 0 Å². The summed E-state index contributed by atoms with van der Waals surface area (Å²) in [5.41, 5.74) is 0.263. The minimum Gasteiger partial charge on any atom is -0.500 e. The van der Waals surface area contributed by atoms with Crippen molar-refractivity contribution in [2.24, 2.45) is 17.3 Å². The highest BCUT2D eigenvalue weighted by atomic mass is 16.7. The van der Waals surface area contributed by atoms with E-state index in [0.717, 1.165) is 5.57 Å². The van der Waals surface area contributed by atoms with Gasteiger partial charge in [-0.25, -0.2) is 0 Å². The maximum Gasteiger partial charge on any atom is 0.312 e. The van der Waals surface area contributed by atoms with Crippen molar-refractivity contribution in [3.63, 3.8) is 0 Å². The molecule has 1 heterocycles. The molecular formula is C16H20O5. The van der Waals surface area contributed by atoms with Gasteiger partial charge in [0.25, 0.3) is 5.79 Å². The molecule has 114 valence electrons. The summed E-state index contributed by atoms with van der Waals surface area (Å²) in [5, 5.41) is 0. The fraction of sp³-hybridized carbons (Fsp3) is 0.625. The summed E-state index contributed by atoms with van der Waals surface area (Å²) in [5.74, 6) is -2.07. The number of esters is 1. The van der Waals surface area contributed by atoms with Gasteiger partial charge in [-0.2, -0.15) is 0 Å². The average molecular weight is 292 g/mol. The molecule has 1 aliphatic heterocycles. The Morgan fingerprint density at radius 1 is 1.43 bits per heavy atom. The van der Waals surface area contributed by atoms with Gasteiger partial charge in [-0.15, -0.1) is 0 Å². The number of allylic oxidation sites excluding steroid dienone is 3. The summed E-state index contributed by atoms with van der Waals surface area (Å²) in [7, 11) is 2.98. The number of ketones is 1. The predicted octanol–water partition coefficient (Wildman–Crippen LogP) is 1.98. The molecule has 0 radical (unpaired) electrons. The van der Waals surface area contributed by atoms with Gasteiger partial charge < -0.3 is 14.2 Å². The average Bonchev–Trinajstić information content (AvgIpc) is 2.71. The molecule has 1 saturated carbocycles. The summed E-state index contributed by atoms with van der Waals surface area (Å²) < 4.78 is 16.2. The van der Waals surface area contributed by atoms with E-state index in [0.29, 0.717) is 18.6 Å². The maximum absolute atomic E-state index is 13.1. The highest BCUT2D eigenvalue weighted by Gasteiger charge is 2.74. The molecular weight excluding hydrogens is 272 g/mol. The molecule has 1 saturated heterocycles. The lowest BCUT2D eigenvalue weighted by Crippen LogP contribution is -2.61. The number of ether oxygens (including phenoxy) is 3. The minimum atomic E-state index is -1.46. The Balaban J connectivity index is 2.15. The van der Waals surface area contributed by atoms with Crippen molar-refractivity contribution in [1.82, 2.24) is 0 Å². The third-order valence-corrected chi connectivity index (χ3v) is 4.93. The van der Waals surface area contributed by atoms with E-state index in [4.69, 9.17) is 14.2 Å². The fourth-order valence-electron chi connectivity index (χ4n) is 3.86. The number of hydrogen-bond acceptors (Lipinski definition) is 5. The summed E-state index contributed by atoms with van der Waals surface area (Å²) >= 11 is 0. The highest BCUT2D eigenvalue weighted by molar-refractivity contribution is 6.02. The van der Waals surface area contributed by atoms with Gasteiger partial charge in [0.1, 0.15) is 5.76 Å². The molecule has 3 aliphatic carbocycles. The van der Waals surface area contributed by atoms with Crippen molar-refractivity contribution < 1.29 is 23.8 Å². The van der Waals surface area contributed by atoms with Crippen LogP contribution in [-0.4, -0.2) is 31.8 Å². The Labute approximate surface area is 123 Å². The van der Waals surface area contributed by atoms with E-state index in [1.54, 1.807) is 7.11 Å². The van der Waals surface area contributed by atoms with Crippen LogP contribution in [0.5, 0.6) is 0 Å². The largest absolute Gasteiger partial charge is 0.500 e. The zero-order chi connectivity index (χ0) is 15.4. The Hall–Kier alpha value is -1.62.